The van der Waals surface area contributed by atoms with Crippen LogP contribution in [0.3, 0.4) is 0 Å². The van der Waals surface area contributed by atoms with E-state index >= 15 is 0 Å². The van der Waals surface area contributed by atoms with E-state index in [2.05, 4.69) is 25.5 Å². The third-order valence-electron chi connectivity index (χ3n) is 4.77. The number of nitrogens with zero attached hydrogens (tertiary/aromatic N) is 6. The van der Waals surface area contributed by atoms with E-state index in [0.29, 0.717) is 17.2 Å². The van der Waals surface area contributed by atoms with Crippen LogP contribution in [0.15, 0.2) is 67.1 Å². The average molecular weight is 417 g/mol. The number of halogens is 2. The highest BCUT2D eigenvalue weighted by molar-refractivity contribution is 5.66. The average Bonchev–Trinajstić information content (AvgIpc) is 3.38. The molecule has 0 saturated carbocycles. The van der Waals surface area contributed by atoms with Crippen molar-refractivity contribution in [3.05, 3.63) is 90.0 Å². The molecule has 154 valence electrons. The van der Waals surface area contributed by atoms with Gasteiger partial charge in [0.05, 0.1) is 5.69 Å². The van der Waals surface area contributed by atoms with Gasteiger partial charge in [-0.3, -0.25) is 0 Å². The van der Waals surface area contributed by atoms with Gasteiger partial charge in [-0.15, -0.1) is 5.10 Å². The Morgan fingerprint density at radius 1 is 1.00 bits per heavy atom. The fourth-order valence-electron chi connectivity index (χ4n) is 3.37. The number of hydrogen-bond acceptors (Lipinski definition) is 5. The molecule has 9 heteroatoms. The minimum absolute atomic E-state index is 0.217. The molecule has 5 rings (SSSR count). The molecule has 0 aliphatic heterocycles. The molecule has 0 spiro atoms. The lowest BCUT2D eigenvalue weighted by molar-refractivity contribution is 0.580. The van der Waals surface area contributed by atoms with Gasteiger partial charge in [0.25, 0.3) is 0 Å². The molecule has 0 fully saturated rings. The van der Waals surface area contributed by atoms with Gasteiger partial charge in [-0.25, -0.2) is 27.9 Å². The molecule has 0 radical (unpaired) electrons. The molecule has 31 heavy (non-hydrogen) atoms. The highest BCUT2D eigenvalue weighted by Gasteiger charge is 2.14. The summed E-state index contributed by atoms with van der Waals surface area (Å²) in [5.74, 6) is -0.0403. The zero-order valence-electron chi connectivity index (χ0n) is 16.5. The fraction of sp³-hybridized carbons (Fsp3) is 0.0909. The molecular formula is C22H17F2N7. The molecule has 1 N–H and O–H groups in total. The molecule has 0 saturated heterocycles. The highest BCUT2D eigenvalue weighted by atomic mass is 19.1. The maximum atomic E-state index is 13.5. The van der Waals surface area contributed by atoms with Crippen LogP contribution in [-0.2, 0) is 6.54 Å². The van der Waals surface area contributed by atoms with E-state index in [4.69, 9.17) is 0 Å². The Balaban J connectivity index is 1.54. The molecule has 5 aromatic rings. The number of anilines is 1. The van der Waals surface area contributed by atoms with E-state index in [1.807, 2.05) is 49.5 Å². The van der Waals surface area contributed by atoms with Crippen LogP contribution in [0.2, 0.25) is 0 Å². The highest BCUT2D eigenvalue weighted by Crippen LogP contribution is 2.26. The normalized spacial score (nSPS) is 11.2. The SMILES string of the molecule is Cc1cccc(-n2nc(NCc3cc(F)cc(F)c3)cc2-c2ccc3ncnn3c2)n1. The van der Waals surface area contributed by atoms with Crippen LogP contribution in [-0.4, -0.2) is 29.4 Å². The van der Waals surface area contributed by atoms with Crippen LogP contribution in [0.5, 0.6) is 0 Å². The van der Waals surface area contributed by atoms with Crippen molar-refractivity contribution in [3.8, 4) is 17.1 Å². The minimum atomic E-state index is -0.617. The van der Waals surface area contributed by atoms with E-state index in [1.54, 1.807) is 9.20 Å². The zero-order valence-corrected chi connectivity index (χ0v) is 16.5. The first kappa shape index (κ1) is 18.9. The van der Waals surface area contributed by atoms with Crippen molar-refractivity contribution in [1.29, 1.82) is 0 Å². The lowest BCUT2D eigenvalue weighted by Gasteiger charge is -2.07. The first-order valence-electron chi connectivity index (χ1n) is 9.58. The Morgan fingerprint density at radius 3 is 2.65 bits per heavy atom. The first-order valence-corrected chi connectivity index (χ1v) is 9.58. The van der Waals surface area contributed by atoms with Gasteiger partial charge in [0.2, 0.25) is 0 Å². The summed E-state index contributed by atoms with van der Waals surface area (Å²) < 4.78 is 30.4. The van der Waals surface area contributed by atoms with Crippen molar-refractivity contribution in [2.24, 2.45) is 0 Å². The number of rotatable bonds is 5. The number of benzene rings is 1. The Labute approximate surface area is 176 Å². The lowest BCUT2D eigenvalue weighted by atomic mass is 10.2. The predicted molar refractivity (Wildman–Crippen MR) is 112 cm³/mol. The van der Waals surface area contributed by atoms with Crippen LogP contribution in [0, 0.1) is 18.6 Å². The lowest BCUT2D eigenvalue weighted by Crippen LogP contribution is -2.05. The Hall–Kier alpha value is -4.14. The van der Waals surface area contributed by atoms with Gasteiger partial charge in [0.1, 0.15) is 23.8 Å². The van der Waals surface area contributed by atoms with Gasteiger partial charge in [-0.05, 0) is 48.9 Å². The second kappa shape index (κ2) is 7.60. The Kier molecular flexibility index (Phi) is 4.62. The number of aromatic nitrogens is 6. The molecule has 0 bridgehead atoms. The molecule has 4 aromatic heterocycles. The summed E-state index contributed by atoms with van der Waals surface area (Å²) in [7, 11) is 0. The zero-order chi connectivity index (χ0) is 21.4. The van der Waals surface area contributed by atoms with Gasteiger partial charge in [0.15, 0.2) is 11.5 Å². The number of nitrogens with one attached hydrogen (secondary N) is 1. The van der Waals surface area contributed by atoms with Crippen molar-refractivity contribution in [1.82, 2.24) is 29.4 Å². The van der Waals surface area contributed by atoms with E-state index in [0.717, 1.165) is 28.7 Å². The van der Waals surface area contributed by atoms with Crippen molar-refractivity contribution in [3.63, 3.8) is 0 Å². The Morgan fingerprint density at radius 2 is 1.84 bits per heavy atom. The molecule has 1 aromatic carbocycles. The smallest absolute Gasteiger partial charge is 0.155 e. The number of fused-ring (bicyclic) bond motifs is 1. The predicted octanol–water partition coefficient (Wildman–Crippen LogP) is 4.18. The molecule has 0 atom stereocenters. The second-order valence-electron chi connectivity index (χ2n) is 7.08. The van der Waals surface area contributed by atoms with Gasteiger partial charge >= 0.3 is 0 Å². The quantitative estimate of drug-likeness (QED) is 0.465. The summed E-state index contributed by atoms with van der Waals surface area (Å²) >= 11 is 0. The molecule has 0 aliphatic rings. The first-order chi connectivity index (χ1) is 15.0. The van der Waals surface area contributed by atoms with E-state index in [-0.39, 0.29) is 6.54 Å². The van der Waals surface area contributed by atoms with Crippen molar-refractivity contribution >= 4 is 11.5 Å². The molecule has 0 unspecified atom stereocenters. The standard InChI is InChI=1S/C22H17F2N7/c1-14-3-2-4-22(28-14)31-19(16-5-6-21-26-13-27-30(21)12-16)10-20(29-31)25-11-15-7-17(23)9-18(24)8-15/h2-10,12-13H,11H2,1H3,(H,25,29). The third kappa shape index (κ3) is 3.85. The maximum absolute atomic E-state index is 13.5. The van der Waals surface area contributed by atoms with E-state index in [1.165, 1.54) is 18.5 Å². The molecule has 0 aliphatic carbocycles. The van der Waals surface area contributed by atoms with Gasteiger partial charge in [-0.2, -0.15) is 5.10 Å². The van der Waals surface area contributed by atoms with Crippen LogP contribution in [0.25, 0.3) is 22.7 Å². The van der Waals surface area contributed by atoms with Gasteiger partial charge in [0, 0.05) is 36.1 Å². The van der Waals surface area contributed by atoms with Crippen LogP contribution in [0.1, 0.15) is 11.3 Å². The van der Waals surface area contributed by atoms with Crippen LogP contribution in [0.4, 0.5) is 14.6 Å². The second-order valence-corrected chi connectivity index (χ2v) is 7.08. The van der Waals surface area contributed by atoms with Crippen molar-refractivity contribution in [2.75, 3.05) is 5.32 Å². The number of pyridine rings is 2. The summed E-state index contributed by atoms with van der Waals surface area (Å²) in [5.41, 5.74) is 3.71. The maximum Gasteiger partial charge on any atom is 0.155 e. The summed E-state index contributed by atoms with van der Waals surface area (Å²) in [4.78, 5) is 8.75. The fourth-order valence-corrected chi connectivity index (χ4v) is 3.37. The monoisotopic (exact) mass is 417 g/mol. The number of aryl methyl sites for hydroxylation is 1. The molecule has 4 heterocycles. The number of hydrogen-bond donors (Lipinski definition) is 1. The van der Waals surface area contributed by atoms with Gasteiger partial charge in [-0.1, -0.05) is 6.07 Å². The van der Waals surface area contributed by atoms with Gasteiger partial charge < -0.3 is 5.32 Å². The minimum Gasteiger partial charge on any atom is -0.364 e. The van der Waals surface area contributed by atoms with Crippen molar-refractivity contribution in [2.45, 2.75) is 13.5 Å². The Bertz CT molecular complexity index is 1370. The van der Waals surface area contributed by atoms with Crippen LogP contribution >= 0.6 is 0 Å². The molecule has 0 amide bonds. The summed E-state index contributed by atoms with van der Waals surface area (Å²) in [6.45, 7) is 2.13. The summed E-state index contributed by atoms with van der Waals surface area (Å²) in [6.07, 6.45) is 3.35. The largest absolute Gasteiger partial charge is 0.364 e. The summed E-state index contributed by atoms with van der Waals surface area (Å²) in [5, 5.41) is 12.0. The third-order valence-corrected chi connectivity index (χ3v) is 4.77. The summed E-state index contributed by atoms with van der Waals surface area (Å²) in [6, 6.07) is 14.8. The molecule has 7 nitrogen and oxygen atoms in total. The topological polar surface area (TPSA) is 72.9 Å². The van der Waals surface area contributed by atoms with E-state index < -0.39 is 11.6 Å². The molecular weight excluding hydrogens is 400 g/mol. The van der Waals surface area contributed by atoms with Crippen molar-refractivity contribution < 1.29 is 8.78 Å². The van der Waals surface area contributed by atoms with E-state index in [9.17, 15) is 8.78 Å². The van der Waals surface area contributed by atoms with Crippen LogP contribution < -0.4 is 5.32 Å².